The minimum atomic E-state index is -2.84. The van der Waals surface area contributed by atoms with Crippen molar-refractivity contribution in [3.63, 3.8) is 0 Å². The summed E-state index contributed by atoms with van der Waals surface area (Å²) in [5.74, 6) is -3.67. The number of ether oxygens (including phenoxy) is 1. The van der Waals surface area contributed by atoms with Gasteiger partial charge in [-0.1, -0.05) is 29.3 Å². The first kappa shape index (κ1) is 18.5. The van der Waals surface area contributed by atoms with Crippen LogP contribution < -0.4 is 4.74 Å². The minimum Gasteiger partial charge on any atom is -0.497 e. The molecule has 2 aromatic rings. The molecule has 2 amide bonds. The van der Waals surface area contributed by atoms with E-state index in [1.807, 2.05) is 0 Å². The van der Waals surface area contributed by atoms with Crippen LogP contribution in [-0.4, -0.2) is 36.4 Å². The highest BCUT2D eigenvalue weighted by atomic mass is 19.3. The van der Waals surface area contributed by atoms with Crippen molar-refractivity contribution < 1.29 is 32.7 Å². The van der Waals surface area contributed by atoms with Gasteiger partial charge in [-0.25, -0.2) is 13.6 Å². The highest BCUT2D eigenvalue weighted by Crippen LogP contribution is 2.30. The third kappa shape index (κ3) is 3.64. The Labute approximate surface area is 153 Å². The Balaban J connectivity index is 1.72. The van der Waals surface area contributed by atoms with Gasteiger partial charge in [0.2, 0.25) is 6.43 Å². The Morgan fingerprint density at radius 3 is 2.04 bits per heavy atom. The summed E-state index contributed by atoms with van der Waals surface area (Å²) in [5.41, 5.74) is 0.400. The maximum absolute atomic E-state index is 13.4. The number of methoxy groups -OCH3 is 1. The van der Waals surface area contributed by atoms with Crippen molar-refractivity contribution in [2.75, 3.05) is 7.11 Å². The van der Waals surface area contributed by atoms with Crippen molar-refractivity contribution in [1.29, 1.82) is 0 Å². The van der Waals surface area contributed by atoms with Crippen LogP contribution in [0, 0.1) is 0 Å². The van der Waals surface area contributed by atoms with Crippen LogP contribution in [0.25, 0.3) is 0 Å². The predicted molar refractivity (Wildman–Crippen MR) is 89.4 cm³/mol. The lowest BCUT2D eigenvalue weighted by Crippen LogP contribution is -2.33. The number of hydrogen-bond acceptors (Lipinski definition) is 5. The average Bonchev–Trinajstić information content (AvgIpc) is 2.91. The molecule has 0 radical (unpaired) electrons. The quantitative estimate of drug-likeness (QED) is 0.725. The van der Waals surface area contributed by atoms with Crippen LogP contribution in [0.15, 0.2) is 48.5 Å². The maximum atomic E-state index is 13.4. The van der Waals surface area contributed by atoms with Gasteiger partial charge >= 0.3 is 5.97 Å². The number of alkyl halides is 2. The van der Waals surface area contributed by atoms with Gasteiger partial charge in [-0.2, -0.15) is 0 Å². The van der Waals surface area contributed by atoms with Gasteiger partial charge in [-0.15, -0.1) is 0 Å². The number of fused-ring (bicyclic) bond motifs is 1. The molecule has 0 aromatic heterocycles. The first-order valence-corrected chi connectivity index (χ1v) is 8.03. The second kappa shape index (κ2) is 7.53. The van der Waals surface area contributed by atoms with E-state index in [-0.39, 0.29) is 16.7 Å². The zero-order chi connectivity index (χ0) is 19.6. The number of imide groups is 1. The summed E-state index contributed by atoms with van der Waals surface area (Å²) in [6.45, 7) is 0. The first-order valence-electron chi connectivity index (χ1n) is 8.03. The second-order valence-corrected chi connectivity index (χ2v) is 5.83. The van der Waals surface area contributed by atoms with Gasteiger partial charge in [-0.05, 0) is 29.8 Å². The molecule has 0 saturated heterocycles. The third-order valence-electron chi connectivity index (χ3n) is 4.18. The predicted octanol–water partition coefficient (Wildman–Crippen LogP) is 3.19. The van der Waals surface area contributed by atoms with Crippen molar-refractivity contribution in [1.82, 2.24) is 5.06 Å². The van der Waals surface area contributed by atoms with Gasteiger partial charge in [-0.3, -0.25) is 9.59 Å². The Bertz CT molecular complexity index is 847. The normalized spacial score (nSPS) is 14.3. The van der Waals surface area contributed by atoms with Gasteiger partial charge in [0, 0.05) is 0 Å². The zero-order valence-corrected chi connectivity index (χ0v) is 14.2. The van der Waals surface area contributed by atoms with Gasteiger partial charge in [0.05, 0.1) is 30.6 Å². The molecule has 8 heteroatoms. The van der Waals surface area contributed by atoms with Crippen molar-refractivity contribution in [2.45, 2.75) is 18.8 Å². The van der Waals surface area contributed by atoms with Gasteiger partial charge in [0.25, 0.3) is 11.8 Å². The van der Waals surface area contributed by atoms with Crippen molar-refractivity contribution in [2.24, 2.45) is 0 Å². The van der Waals surface area contributed by atoms with Crippen LogP contribution >= 0.6 is 0 Å². The number of halogens is 2. The molecule has 0 N–H and O–H groups in total. The highest BCUT2D eigenvalue weighted by Gasteiger charge is 2.39. The fraction of sp³-hybridized carbons (Fsp3) is 0.211. The molecule has 1 atom stereocenters. The molecule has 0 fully saturated rings. The van der Waals surface area contributed by atoms with E-state index in [0.29, 0.717) is 10.8 Å². The largest absolute Gasteiger partial charge is 0.497 e. The summed E-state index contributed by atoms with van der Waals surface area (Å²) in [5, 5.41) is 0.309. The van der Waals surface area contributed by atoms with E-state index in [9.17, 15) is 23.2 Å². The number of nitrogens with zero attached hydrogens (tertiary/aromatic N) is 1. The maximum Gasteiger partial charge on any atom is 0.334 e. The molecule has 140 valence electrons. The van der Waals surface area contributed by atoms with Crippen LogP contribution in [-0.2, 0) is 9.63 Å². The molecule has 0 saturated carbocycles. The molecule has 0 spiro atoms. The molecule has 1 aliphatic heterocycles. The number of carbonyl (C=O) groups is 3. The summed E-state index contributed by atoms with van der Waals surface area (Å²) in [4.78, 5) is 41.3. The topological polar surface area (TPSA) is 72.9 Å². The first-order chi connectivity index (χ1) is 12.9. The Morgan fingerprint density at radius 1 is 1.00 bits per heavy atom. The summed E-state index contributed by atoms with van der Waals surface area (Å²) in [7, 11) is 1.44. The van der Waals surface area contributed by atoms with Crippen LogP contribution in [0.2, 0.25) is 0 Å². The molecule has 2 aromatic carbocycles. The molecular weight excluding hydrogens is 360 g/mol. The Morgan fingerprint density at radius 2 is 1.56 bits per heavy atom. The monoisotopic (exact) mass is 375 g/mol. The lowest BCUT2D eigenvalue weighted by Gasteiger charge is -2.18. The SMILES string of the molecule is COc1ccc(C(CC(=O)ON2C(=O)c3ccccc3C2=O)C(F)F)cc1. The van der Waals surface area contributed by atoms with E-state index in [0.717, 1.165) is 0 Å². The number of benzene rings is 2. The standard InChI is InChI=1S/C19H15F2NO5/c1-26-12-8-6-11(7-9-12)15(17(20)21)10-16(23)27-22-18(24)13-4-2-3-5-14(13)19(22)25/h2-9,15,17H,10H2,1H3. The average molecular weight is 375 g/mol. The van der Waals surface area contributed by atoms with E-state index in [1.54, 1.807) is 12.1 Å². The van der Waals surface area contributed by atoms with Gasteiger partial charge in [0.1, 0.15) is 5.75 Å². The molecule has 6 nitrogen and oxygen atoms in total. The van der Waals surface area contributed by atoms with E-state index in [2.05, 4.69) is 0 Å². The van der Waals surface area contributed by atoms with E-state index < -0.39 is 36.5 Å². The summed E-state index contributed by atoms with van der Waals surface area (Å²) in [6.07, 6.45) is -3.54. The molecule has 27 heavy (non-hydrogen) atoms. The van der Waals surface area contributed by atoms with E-state index >= 15 is 0 Å². The summed E-state index contributed by atoms with van der Waals surface area (Å²) >= 11 is 0. The molecule has 1 heterocycles. The Hall–Kier alpha value is -3.29. The molecular formula is C19H15F2NO5. The smallest absolute Gasteiger partial charge is 0.334 e. The molecule has 3 rings (SSSR count). The van der Waals surface area contributed by atoms with E-state index in [4.69, 9.17) is 9.57 Å². The van der Waals surface area contributed by atoms with Crippen LogP contribution in [0.3, 0.4) is 0 Å². The van der Waals surface area contributed by atoms with Gasteiger partial charge < -0.3 is 9.57 Å². The number of rotatable bonds is 6. The van der Waals surface area contributed by atoms with Crippen molar-refractivity contribution in [3.05, 3.63) is 65.2 Å². The lowest BCUT2D eigenvalue weighted by atomic mass is 9.96. The molecule has 0 aliphatic carbocycles. The summed E-state index contributed by atoms with van der Waals surface area (Å²) < 4.78 is 31.8. The number of amides is 2. The van der Waals surface area contributed by atoms with Crippen LogP contribution in [0.1, 0.15) is 38.6 Å². The second-order valence-electron chi connectivity index (χ2n) is 5.83. The van der Waals surface area contributed by atoms with Crippen molar-refractivity contribution in [3.8, 4) is 5.75 Å². The lowest BCUT2D eigenvalue weighted by molar-refractivity contribution is -0.169. The van der Waals surface area contributed by atoms with Crippen LogP contribution in [0.4, 0.5) is 8.78 Å². The molecule has 1 aliphatic rings. The number of hydroxylamine groups is 2. The van der Waals surface area contributed by atoms with Crippen molar-refractivity contribution >= 4 is 17.8 Å². The number of hydrogen-bond donors (Lipinski definition) is 0. The van der Waals surface area contributed by atoms with Crippen LogP contribution in [0.5, 0.6) is 5.75 Å². The fourth-order valence-electron chi connectivity index (χ4n) is 2.77. The fourth-order valence-corrected chi connectivity index (χ4v) is 2.77. The summed E-state index contributed by atoms with van der Waals surface area (Å²) in [6, 6.07) is 11.8. The molecule has 1 unspecified atom stereocenters. The van der Waals surface area contributed by atoms with E-state index in [1.165, 1.54) is 43.5 Å². The van der Waals surface area contributed by atoms with Gasteiger partial charge in [0.15, 0.2) is 0 Å². The minimum absolute atomic E-state index is 0.0934. The zero-order valence-electron chi connectivity index (χ0n) is 14.2. The number of carbonyl (C=O) groups excluding carboxylic acids is 3. The highest BCUT2D eigenvalue weighted by molar-refractivity contribution is 6.20. The Kier molecular flexibility index (Phi) is 5.16. The third-order valence-corrected chi connectivity index (χ3v) is 4.18. The molecule has 0 bridgehead atoms.